The molecule has 0 saturated heterocycles. The number of H-pyrrole nitrogens is 1. The van der Waals surface area contributed by atoms with Gasteiger partial charge in [-0.3, -0.25) is 0 Å². The molecule has 1 heterocycles. The van der Waals surface area contributed by atoms with Gasteiger partial charge in [-0.25, -0.2) is 0 Å². The fraction of sp³-hybridized carbons (Fsp3) is 0.125. The number of rotatable bonds is 4. The van der Waals surface area contributed by atoms with Gasteiger partial charge < -0.3 is 10.7 Å². The largest absolute Gasteiger partial charge is 0.360 e. The van der Waals surface area contributed by atoms with Crippen LogP contribution in [0.25, 0.3) is 10.9 Å². The topological polar surface area (TPSA) is 41.8 Å². The number of nitrogens with two attached hydrogens (primary N) is 1. The number of aromatic nitrogens is 1. The average Bonchev–Trinajstić information content (AvgIpc) is 2.84. The lowest BCUT2D eigenvalue weighted by Gasteiger charge is -2.07. The van der Waals surface area contributed by atoms with E-state index in [2.05, 4.69) is 29.2 Å². The Balaban J connectivity index is 1.99. The molecule has 0 bridgehead atoms. The zero-order chi connectivity index (χ0) is 13.9. The first-order valence-electron chi connectivity index (χ1n) is 6.50. The van der Waals surface area contributed by atoms with E-state index in [-0.39, 0.29) is 0 Å². The molecule has 0 aliphatic heterocycles. The van der Waals surface area contributed by atoms with Gasteiger partial charge in [-0.2, -0.15) is 0 Å². The zero-order valence-electron chi connectivity index (χ0n) is 10.9. The van der Waals surface area contributed by atoms with E-state index in [9.17, 15) is 0 Å². The molecule has 3 N–H and O–H groups in total. The Bertz CT molecular complexity index is 736. The molecule has 0 aliphatic carbocycles. The van der Waals surface area contributed by atoms with Crippen molar-refractivity contribution >= 4 is 34.3 Å². The summed E-state index contributed by atoms with van der Waals surface area (Å²) in [6.45, 7) is 0.664. The highest BCUT2D eigenvalue weighted by Crippen LogP contribution is 2.36. The van der Waals surface area contributed by atoms with Crippen molar-refractivity contribution < 1.29 is 0 Å². The molecule has 20 heavy (non-hydrogen) atoms. The first-order valence-corrected chi connectivity index (χ1v) is 7.70. The monoisotopic (exact) mass is 302 g/mol. The van der Waals surface area contributed by atoms with Crippen LogP contribution in [-0.4, -0.2) is 11.5 Å². The quantitative estimate of drug-likeness (QED) is 0.746. The van der Waals surface area contributed by atoms with Crippen LogP contribution in [0.3, 0.4) is 0 Å². The van der Waals surface area contributed by atoms with Crippen LogP contribution in [0.2, 0.25) is 5.02 Å². The number of aromatic amines is 1. The summed E-state index contributed by atoms with van der Waals surface area (Å²) in [4.78, 5) is 5.72. The molecule has 102 valence electrons. The Morgan fingerprint density at radius 3 is 2.80 bits per heavy atom. The minimum atomic E-state index is 0.664. The molecule has 3 rings (SSSR count). The molecule has 3 aromatic rings. The Morgan fingerprint density at radius 1 is 1.10 bits per heavy atom. The molecule has 0 amide bonds. The van der Waals surface area contributed by atoms with Crippen LogP contribution in [0.5, 0.6) is 0 Å². The van der Waals surface area contributed by atoms with Crippen LogP contribution >= 0.6 is 23.4 Å². The fourth-order valence-electron chi connectivity index (χ4n) is 2.24. The van der Waals surface area contributed by atoms with Crippen LogP contribution in [0.15, 0.2) is 58.5 Å². The number of fused-ring (bicyclic) bond motifs is 1. The molecule has 0 aliphatic rings. The maximum Gasteiger partial charge on any atom is 0.0466 e. The van der Waals surface area contributed by atoms with Crippen molar-refractivity contribution in [3.63, 3.8) is 0 Å². The van der Waals surface area contributed by atoms with E-state index in [0.717, 1.165) is 22.3 Å². The second kappa shape index (κ2) is 5.92. The number of hydrogen-bond donors (Lipinski definition) is 2. The van der Waals surface area contributed by atoms with Gasteiger partial charge in [0.25, 0.3) is 0 Å². The van der Waals surface area contributed by atoms with Crippen LogP contribution in [0, 0.1) is 0 Å². The highest BCUT2D eigenvalue weighted by atomic mass is 35.5. The van der Waals surface area contributed by atoms with Gasteiger partial charge in [-0.05, 0) is 42.8 Å². The van der Waals surface area contributed by atoms with Crippen molar-refractivity contribution in [1.82, 2.24) is 4.98 Å². The molecule has 2 aromatic carbocycles. The van der Waals surface area contributed by atoms with E-state index in [1.165, 1.54) is 15.4 Å². The molecule has 1 aromatic heterocycles. The van der Waals surface area contributed by atoms with Gasteiger partial charge in [0.2, 0.25) is 0 Å². The van der Waals surface area contributed by atoms with Gasteiger partial charge in [0, 0.05) is 31.9 Å². The van der Waals surface area contributed by atoms with E-state index in [4.69, 9.17) is 17.3 Å². The van der Waals surface area contributed by atoms with Gasteiger partial charge >= 0.3 is 0 Å². The van der Waals surface area contributed by atoms with E-state index >= 15 is 0 Å². The smallest absolute Gasteiger partial charge is 0.0466 e. The molecular weight excluding hydrogens is 288 g/mol. The van der Waals surface area contributed by atoms with Gasteiger partial charge in [0.05, 0.1) is 0 Å². The Labute approximate surface area is 127 Å². The van der Waals surface area contributed by atoms with E-state index in [1.807, 2.05) is 24.4 Å². The van der Waals surface area contributed by atoms with Crippen molar-refractivity contribution in [1.29, 1.82) is 0 Å². The lowest BCUT2D eigenvalue weighted by molar-refractivity contribution is 0.944. The van der Waals surface area contributed by atoms with Crippen molar-refractivity contribution in [3.8, 4) is 0 Å². The van der Waals surface area contributed by atoms with Crippen LogP contribution in [-0.2, 0) is 6.42 Å². The van der Waals surface area contributed by atoms with Crippen molar-refractivity contribution in [3.05, 3.63) is 59.2 Å². The minimum Gasteiger partial charge on any atom is -0.360 e. The summed E-state index contributed by atoms with van der Waals surface area (Å²) in [7, 11) is 0. The molecule has 0 fully saturated rings. The van der Waals surface area contributed by atoms with Gasteiger partial charge in [-0.1, -0.05) is 41.6 Å². The van der Waals surface area contributed by atoms with Gasteiger partial charge in [0.1, 0.15) is 0 Å². The Hall–Kier alpha value is -1.42. The molecule has 0 unspecified atom stereocenters. The standard InChI is InChI=1S/C16H15ClN2S/c17-12-5-6-14-13(9-12)16(10-19-14)20-15-4-2-1-3-11(15)7-8-18/h1-6,9-10,19H,7-8,18H2. The minimum absolute atomic E-state index is 0.664. The first kappa shape index (κ1) is 13.6. The summed E-state index contributed by atoms with van der Waals surface area (Å²) in [5.41, 5.74) is 8.07. The van der Waals surface area contributed by atoms with Crippen LogP contribution < -0.4 is 5.73 Å². The summed E-state index contributed by atoms with van der Waals surface area (Å²) < 4.78 is 0. The van der Waals surface area contributed by atoms with Crippen molar-refractivity contribution in [2.75, 3.05) is 6.54 Å². The number of nitrogens with one attached hydrogen (secondary N) is 1. The van der Waals surface area contributed by atoms with Crippen molar-refractivity contribution in [2.24, 2.45) is 5.73 Å². The van der Waals surface area contributed by atoms with Crippen LogP contribution in [0.4, 0.5) is 0 Å². The maximum absolute atomic E-state index is 6.09. The SMILES string of the molecule is NCCc1ccccc1Sc1c[nH]c2ccc(Cl)cc12. The summed E-state index contributed by atoms with van der Waals surface area (Å²) in [6.07, 6.45) is 2.93. The molecule has 0 spiro atoms. The first-order chi connectivity index (χ1) is 9.78. The lowest BCUT2D eigenvalue weighted by Crippen LogP contribution is -2.03. The van der Waals surface area contributed by atoms with Crippen LogP contribution in [0.1, 0.15) is 5.56 Å². The second-order valence-electron chi connectivity index (χ2n) is 4.59. The van der Waals surface area contributed by atoms with E-state index in [0.29, 0.717) is 6.54 Å². The third-order valence-corrected chi connectivity index (χ3v) is 4.62. The molecule has 2 nitrogen and oxygen atoms in total. The van der Waals surface area contributed by atoms with Crippen molar-refractivity contribution in [2.45, 2.75) is 16.2 Å². The highest BCUT2D eigenvalue weighted by molar-refractivity contribution is 7.99. The maximum atomic E-state index is 6.09. The number of halogens is 1. The summed E-state index contributed by atoms with van der Waals surface area (Å²) >= 11 is 7.85. The van der Waals surface area contributed by atoms with Gasteiger partial charge in [-0.15, -0.1) is 0 Å². The summed E-state index contributed by atoms with van der Waals surface area (Å²) in [5.74, 6) is 0. The molecule has 0 radical (unpaired) electrons. The number of hydrogen-bond acceptors (Lipinski definition) is 2. The number of benzene rings is 2. The predicted octanol–water partition coefficient (Wildman–Crippen LogP) is 4.47. The third kappa shape index (κ3) is 2.70. The lowest BCUT2D eigenvalue weighted by atomic mass is 10.1. The molecular formula is C16H15ClN2S. The third-order valence-electron chi connectivity index (χ3n) is 3.21. The van der Waals surface area contributed by atoms with E-state index in [1.54, 1.807) is 11.8 Å². The Kier molecular flexibility index (Phi) is 4.01. The normalized spacial score (nSPS) is 11.1. The fourth-order valence-corrected chi connectivity index (χ4v) is 3.49. The second-order valence-corrected chi connectivity index (χ2v) is 6.11. The summed E-state index contributed by atoms with van der Waals surface area (Å²) in [5, 5.41) is 1.92. The summed E-state index contributed by atoms with van der Waals surface area (Å²) in [6, 6.07) is 14.3. The molecule has 0 saturated carbocycles. The molecule has 0 atom stereocenters. The highest BCUT2D eigenvalue weighted by Gasteiger charge is 2.08. The zero-order valence-corrected chi connectivity index (χ0v) is 12.5. The Morgan fingerprint density at radius 2 is 1.95 bits per heavy atom. The van der Waals surface area contributed by atoms with Gasteiger partial charge in [0.15, 0.2) is 0 Å². The molecule has 4 heteroatoms. The van der Waals surface area contributed by atoms with E-state index < -0.39 is 0 Å². The predicted molar refractivity (Wildman–Crippen MR) is 86.6 cm³/mol. The average molecular weight is 303 g/mol.